The summed E-state index contributed by atoms with van der Waals surface area (Å²) in [6.07, 6.45) is 4.54. The van der Waals surface area contributed by atoms with Gasteiger partial charge in [0, 0.05) is 4.88 Å². The average molecular weight is 244 g/mol. The van der Waals surface area contributed by atoms with Crippen molar-refractivity contribution in [3.05, 3.63) is 46.8 Å². The topological polar surface area (TPSA) is 17.1 Å². The minimum absolute atomic E-state index is 0.787. The molecule has 0 saturated heterocycles. The molecule has 0 aliphatic rings. The van der Waals surface area contributed by atoms with Gasteiger partial charge in [-0.2, -0.15) is 0 Å². The number of rotatable bonds is 5. The molecule has 0 N–H and O–H groups in total. The van der Waals surface area contributed by atoms with Crippen LogP contribution in [0.1, 0.15) is 35.0 Å². The summed E-state index contributed by atoms with van der Waals surface area (Å²) in [6.45, 7) is 2.21. The summed E-state index contributed by atoms with van der Waals surface area (Å²) in [5.74, 6) is 0. The molecular formula is C15H16OS. The SMILES string of the molecule is CCCCc1ccc(-c2ccc(C=O)s2)cc1. The van der Waals surface area contributed by atoms with Crippen LogP contribution in [0, 0.1) is 0 Å². The van der Waals surface area contributed by atoms with Crippen molar-refractivity contribution in [2.75, 3.05) is 0 Å². The Morgan fingerprint density at radius 3 is 2.47 bits per heavy atom. The lowest BCUT2D eigenvalue weighted by atomic mass is 10.1. The van der Waals surface area contributed by atoms with Gasteiger partial charge in [-0.1, -0.05) is 37.6 Å². The van der Waals surface area contributed by atoms with Crippen molar-refractivity contribution >= 4 is 17.6 Å². The van der Waals surface area contributed by atoms with Crippen LogP contribution in [0.4, 0.5) is 0 Å². The second kappa shape index (κ2) is 5.78. The van der Waals surface area contributed by atoms with Crippen molar-refractivity contribution in [3.63, 3.8) is 0 Å². The first-order valence-corrected chi connectivity index (χ1v) is 6.79. The van der Waals surface area contributed by atoms with Gasteiger partial charge < -0.3 is 0 Å². The lowest BCUT2D eigenvalue weighted by Gasteiger charge is -2.01. The summed E-state index contributed by atoms with van der Waals surface area (Å²) in [5, 5.41) is 0. The Morgan fingerprint density at radius 1 is 1.12 bits per heavy atom. The molecule has 2 heteroatoms. The lowest BCUT2D eigenvalue weighted by Crippen LogP contribution is -1.83. The van der Waals surface area contributed by atoms with Gasteiger partial charge in [-0.05, 0) is 36.1 Å². The highest BCUT2D eigenvalue weighted by Gasteiger charge is 2.02. The smallest absolute Gasteiger partial charge is 0.160 e. The number of thiophene rings is 1. The molecule has 88 valence electrons. The monoisotopic (exact) mass is 244 g/mol. The van der Waals surface area contributed by atoms with Crippen LogP contribution in [0.2, 0.25) is 0 Å². The average Bonchev–Trinajstić information content (AvgIpc) is 2.86. The van der Waals surface area contributed by atoms with Gasteiger partial charge in [-0.3, -0.25) is 4.79 Å². The normalized spacial score (nSPS) is 10.4. The standard InChI is InChI=1S/C15H16OS/c1-2-3-4-12-5-7-13(8-6-12)15-10-9-14(11-16)17-15/h5-11H,2-4H2,1H3. The van der Waals surface area contributed by atoms with Crippen LogP contribution in [0.5, 0.6) is 0 Å². The van der Waals surface area contributed by atoms with Crippen molar-refractivity contribution in [3.8, 4) is 10.4 Å². The minimum atomic E-state index is 0.787. The summed E-state index contributed by atoms with van der Waals surface area (Å²) in [5.41, 5.74) is 2.59. The third-order valence-electron chi connectivity index (χ3n) is 2.80. The van der Waals surface area contributed by atoms with Crippen LogP contribution in [0.3, 0.4) is 0 Å². The van der Waals surface area contributed by atoms with Gasteiger partial charge in [0.15, 0.2) is 6.29 Å². The predicted molar refractivity (Wildman–Crippen MR) is 73.8 cm³/mol. The minimum Gasteiger partial charge on any atom is -0.297 e. The van der Waals surface area contributed by atoms with Gasteiger partial charge in [0.2, 0.25) is 0 Å². The summed E-state index contributed by atoms with van der Waals surface area (Å²) < 4.78 is 0. The molecule has 0 bridgehead atoms. The lowest BCUT2D eigenvalue weighted by molar-refractivity contribution is 0.112. The van der Waals surface area contributed by atoms with Crippen LogP contribution in [0.15, 0.2) is 36.4 Å². The van der Waals surface area contributed by atoms with E-state index in [9.17, 15) is 4.79 Å². The summed E-state index contributed by atoms with van der Waals surface area (Å²) in [7, 11) is 0. The zero-order valence-electron chi connectivity index (χ0n) is 9.98. The van der Waals surface area contributed by atoms with Crippen LogP contribution in [0.25, 0.3) is 10.4 Å². The van der Waals surface area contributed by atoms with E-state index in [-0.39, 0.29) is 0 Å². The van der Waals surface area contributed by atoms with E-state index in [2.05, 4.69) is 31.2 Å². The van der Waals surface area contributed by atoms with Crippen LogP contribution < -0.4 is 0 Å². The summed E-state index contributed by atoms with van der Waals surface area (Å²) in [6, 6.07) is 12.5. The maximum absolute atomic E-state index is 10.6. The van der Waals surface area contributed by atoms with Gasteiger partial charge in [-0.25, -0.2) is 0 Å². The molecule has 17 heavy (non-hydrogen) atoms. The Labute approximate surface area is 106 Å². The van der Waals surface area contributed by atoms with Crippen molar-refractivity contribution in [1.29, 1.82) is 0 Å². The van der Waals surface area contributed by atoms with E-state index >= 15 is 0 Å². The fourth-order valence-corrected chi connectivity index (χ4v) is 2.62. The molecule has 0 fully saturated rings. The molecule has 0 aliphatic carbocycles. The van der Waals surface area contributed by atoms with Crippen molar-refractivity contribution in [2.24, 2.45) is 0 Å². The van der Waals surface area contributed by atoms with Crippen LogP contribution in [-0.4, -0.2) is 6.29 Å². The summed E-state index contributed by atoms with van der Waals surface area (Å²) >= 11 is 1.54. The Bertz CT molecular complexity index is 482. The van der Waals surface area contributed by atoms with E-state index in [1.54, 1.807) is 11.3 Å². The number of carbonyl (C=O) groups excluding carboxylic acids is 1. The molecule has 0 atom stereocenters. The molecular weight excluding hydrogens is 228 g/mol. The number of hydrogen-bond acceptors (Lipinski definition) is 2. The van der Waals surface area contributed by atoms with E-state index in [1.165, 1.54) is 24.0 Å². The summed E-state index contributed by atoms with van der Waals surface area (Å²) in [4.78, 5) is 12.6. The fourth-order valence-electron chi connectivity index (χ4n) is 1.79. The molecule has 2 aromatic rings. The molecule has 1 heterocycles. The van der Waals surface area contributed by atoms with E-state index in [0.29, 0.717) is 0 Å². The van der Waals surface area contributed by atoms with E-state index in [1.807, 2.05) is 12.1 Å². The van der Waals surface area contributed by atoms with Crippen molar-refractivity contribution in [1.82, 2.24) is 0 Å². The highest BCUT2D eigenvalue weighted by Crippen LogP contribution is 2.27. The molecule has 0 saturated carbocycles. The molecule has 1 aromatic heterocycles. The van der Waals surface area contributed by atoms with Crippen molar-refractivity contribution in [2.45, 2.75) is 26.2 Å². The second-order valence-electron chi connectivity index (χ2n) is 4.12. The van der Waals surface area contributed by atoms with Gasteiger partial charge in [0.05, 0.1) is 4.88 Å². The Hall–Kier alpha value is -1.41. The molecule has 2 rings (SSSR count). The maximum atomic E-state index is 10.6. The zero-order valence-corrected chi connectivity index (χ0v) is 10.8. The van der Waals surface area contributed by atoms with Crippen LogP contribution >= 0.6 is 11.3 Å². The number of aldehydes is 1. The highest BCUT2D eigenvalue weighted by molar-refractivity contribution is 7.17. The molecule has 0 aliphatic heterocycles. The fraction of sp³-hybridized carbons (Fsp3) is 0.267. The first-order valence-electron chi connectivity index (χ1n) is 5.98. The number of unbranched alkanes of at least 4 members (excludes halogenated alkanes) is 1. The van der Waals surface area contributed by atoms with E-state index < -0.39 is 0 Å². The second-order valence-corrected chi connectivity index (χ2v) is 5.24. The van der Waals surface area contributed by atoms with Crippen LogP contribution in [-0.2, 0) is 6.42 Å². The number of aryl methyl sites for hydroxylation is 1. The zero-order chi connectivity index (χ0) is 12.1. The molecule has 0 amide bonds. The van der Waals surface area contributed by atoms with Gasteiger partial charge in [-0.15, -0.1) is 11.3 Å². The van der Waals surface area contributed by atoms with Gasteiger partial charge >= 0.3 is 0 Å². The maximum Gasteiger partial charge on any atom is 0.160 e. The van der Waals surface area contributed by atoms with E-state index in [0.717, 1.165) is 22.5 Å². The van der Waals surface area contributed by atoms with Crippen molar-refractivity contribution < 1.29 is 4.79 Å². The van der Waals surface area contributed by atoms with Gasteiger partial charge in [0.25, 0.3) is 0 Å². The largest absolute Gasteiger partial charge is 0.297 e. The molecule has 0 spiro atoms. The number of benzene rings is 1. The number of hydrogen-bond donors (Lipinski definition) is 0. The molecule has 0 radical (unpaired) electrons. The first kappa shape index (κ1) is 12.1. The molecule has 0 unspecified atom stereocenters. The highest BCUT2D eigenvalue weighted by atomic mass is 32.1. The third-order valence-corrected chi connectivity index (χ3v) is 3.86. The third kappa shape index (κ3) is 3.04. The van der Waals surface area contributed by atoms with Gasteiger partial charge in [0.1, 0.15) is 0 Å². The predicted octanol–water partition coefficient (Wildman–Crippen LogP) is 4.57. The first-order chi connectivity index (χ1) is 8.33. The Morgan fingerprint density at radius 2 is 1.88 bits per heavy atom. The quantitative estimate of drug-likeness (QED) is 0.704. The molecule has 1 aromatic carbocycles. The van der Waals surface area contributed by atoms with E-state index in [4.69, 9.17) is 0 Å². The Balaban J connectivity index is 2.14. The number of carbonyl (C=O) groups is 1. The Kier molecular flexibility index (Phi) is 4.10. The molecule has 1 nitrogen and oxygen atoms in total.